The fourth-order valence-corrected chi connectivity index (χ4v) is 7.87. The standard InChI is InChI=1S/C30H40N4O.C9H14S.CH5N.CH2O/c35-29(32-19-23-16-17-31-18-23)15-8-22-6-9-27(10-7-22)30-33-20-28(21-34-30)26-13-11-25(12-14-26)24-4-2-1-3-5-24;1-7-5-6-8(10-7)9(2,3)4;2*1-2/h6-7,9-10,13,20-21,23-25,31H,1-5,8,11-12,14-19H2,(H,32,35);5-6H,1-4H3;2H2,1H3;1H2. The first-order chi connectivity index (χ1) is 23.7. The highest BCUT2D eigenvalue weighted by atomic mass is 32.1. The molecule has 1 aliphatic heterocycles. The molecule has 0 radical (unpaired) electrons. The van der Waals surface area contributed by atoms with Crippen molar-refractivity contribution in [3.05, 3.63) is 75.7 Å². The molecule has 0 spiro atoms. The van der Waals surface area contributed by atoms with Crippen molar-refractivity contribution in [2.75, 3.05) is 26.7 Å². The van der Waals surface area contributed by atoms with Crippen molar-refractivity contribution in [1.29, 1.82) is 0 Å². The number of thiophene rings is 1. The van der Waals surface area contributed by atoms with Gasteiger partial charge in [0.05, 0.1) is 0 Å². The van der Waals surface area contributed by atoms with Crippen molar-refractivity contribution in [3.63, 3.8) is 0 Å². The second-order valence-electron chi connectivity index (χ2n) is 14.5. The van der Waals surface area contributed by atoms with Crippen LogP contribution in [0.3, 0.4) is 0 Å². The van der Waals surface area contributed by atoms with Crippen LogP contribution >= 0.6 is 11.3 Å². The van der Waals surface area contributed by atoms with Gasteiger partial charge in [-0.1, -0.05) is 83.2 Å². The van der Waals surface area contributed by atoms with E-state index in [0.29, 0.717) is 17.8 Å². The molecule has 3 aromatic rings. The van der Waals surface area contributed by atoms with Crippen LogP contribution in [0.5, 0.6) is 0 Å². The SMILES string of the molecule is C=O.CN.Cc1ccc(C(C)(C)C)s1.O=C(CCc1ccc(-c2ncc(C3=CCC(C4CCCCC4)CC3)cn2)cc1)NCC1CCNC1. The topological polar surface area (TPSA) is 110 Å². The lowest BCUT2D eigenvalue weighted by molar-refractivity contribution is -0.121. The number of benzene rings is 1. The molecule has 3 aliphatic rings. The number of aryl methyl sites for hydroxylation is 2. The van der Waals surface area contributed by atoms with Gasteiger partial charge in [-0.2, -0.15) is 0 Å². The molecule has 268 valence electrons. The van der Waals surface area contributed by atoms with Gasteiger partial charge in [-0.25, -0.2) is 9.97 Å². The van der Waals surface area contributed by atoms with E-state index in [9.17, 15) is 4.79 Å². The van der Waals surface area contributed by atoms with Crippen molar-refractivity contribution in [3.8, 4) is 11.4 Å². The first-order valence-corrected chi connectivity index (χ1v) is 19.1. The molecular weight excluding hydrogens is 627 g/mol. The highest BCUT2D eigenvalue weighted by Gasteiger charge is 2.25. The van der Waals surface area contributed by atoms with Gasteiger partial charge < -0.3 is 21.2 Å². The number of aromatic nitrogens is 2. The summed E-state index contributed by atoms with van der Waals surface area (Å²) in [6, 6.07) is 12.7. The molecule has 2 fully saturated rings. The van der Waals surface area contributed by atoms with Crippen LogP contribution in [0, 0.1) is 24.7 Å². The van der Waals surface area contributed by atoms with Crippen LogP contribution in [0.1, 0.15) is 106 Å². The molecule has 1 amide bonds. The van der Waals surface area contributed by atoms with Crippen LogP contribution in [-0.2, 0) is 21.4 Å². The molecular formula is C41H61N5O2S. The van der Waals surface area contributed by atoms with Crippen LogP contribution in [-0.4, -0.2) is 49.3 Å². The molecule has 2 aromatic heterocycles. The summed E-state index contributed by atoms with van der Waals surface area (Å²) in [5, 5.41) is 6.42. The van der Waals surface area contributed by atoms with Gasteiger partial charge in [-0.15, -0.1) is 11.3 Å². The van der Waals surface area contributed by atoms with E-state index in [0.717, 1.165) is 62.1 Å². The fourth-order valence-electron chi connectivity index (χ4n) is 6.94. The molecule has 8 heteroatoms. The van der Waals surface area contributed by atoms with Crippen LogP contribution in [0.2, 0.25) is 0 Å². The Kier molecular flexibility index (Phi) is 17.3. The number of nitrogens with zero attached hydrogens (tertiary/aromatic N) is 2. The lowest BCUT2D eigenvalue weighted by atomic mass is 9.73. The molecule has 1 saturated carbocycles. The van der Waals surface area contributed by atoms with E-state index in [2.05, 4.69) is 96.5 Å². The van der Waals surface area contributed by atoms with Crippen molar-refractivity contribution in [2.24, 2.45) is 23.5 Å². The predicted molar refractivity (Wildman–Crippen MR) is 207 cm³/mol. The molecule has 49 heavy (non-hydrogen) atoms. The van der Waals surface area contributed by atoms with E-state index in [1.165, 1.54) is 78.4 Å². The number of hydrogen-bond acceptors (Lipinski definition) is 7. The minimum absolute atomic E-state index is 0.141. The van der Waals surface area contributed by atoms with Crippen LogP contribution in [0.4, 0.5) is 0 Å². The average molecular weight is 688 g/mol. The van der Waals surface area contributed by atoms with Crippen molar-refractivity contribution < 1.29 is 9.59 Å². The van der Waals surface area contributed by atoms with Gasteiger partial charge in [0.15, 0.2) is 5.82 Å². The van der Waals surface area contributed by atoms with Crippen LogP contribution < -0.4 is 16.4 Å². The first-order valence-electron chi connectivity index (χ1n) is 18.3. The molecule has 6 rings (SSSR count). The number of carbonyl (C=O) groups excluding carboxylic acids is 2. The zero-order chi connectivity index (χ0) is 35.6. The smallest absolute Gasteiger partial charge is 0.220 e. The Bertz CT molecular complexity index is 1400. The Balaban J connectivity index is 0.000000393. The Labute approximate surface area is 300 Å². The predicted octanol–water partition coefficient (Wildman–Crippen LogP) is 8.31. The number of hydrogen-bond donors (Lipinski definition) is 3. The summed E-state index contributed by atoms with van der Waals surface area (Å²) in [7, 11) is 1.50. The molecule has 1 aromatic carbocycles. The number of rotatable bonds is 8. The fraction of sp³-hybridized carbons (Fsp3) is 0.561. The molecule has 2 atom stereocenters. The lowest BCUT2D eigenvalue weighted by Gasteiger charge is -2.32. The first kappa shape index (κ1) is 40.2. The van der Waals surface area contributed by atoms with E-state index >= 15 is 0 Å². The molecule has 7 nitrogen and oxygen atoms in total. The quantitative estimate of drug-likeness (QED) is 0.220. The lowest BCUT2D eigenvalue weighted by Crippen LogP contribution is -2.30. The number of carbonyl (C=O) groups is 2. The average Bonchev–Trinajstić information content (AvgIpc) is 3.85. The van der Waals surface area contributed by atoms with Crippen molar-refractivity contribution >= 4 is 29.6 Å². The van der Waals surface area contributed by atoms with E-state index in [-0.39, 0.29) is 5.91 Å². The maximum Gasteiger partial charge on any atom is 0.220 e. The van der Waals surface area contributed by atoms with Gasteiger partial charge in [0.2, 0.25) is 5.91 Å². The third kappa shape index (κ3) is 13.2. The van der Waals surface area contributed by atoms with E-state index < -0.39 is 0 Å². The second-order valence-corrected chi connectivity index (χ2v) is 15.8. The highest BCUT2D eigenvalue weighted by Crippen LogP contribution is 2.39. The van der Waals surface area contributed by atoms with Gasteiger partial charge in [0.1, 0.15) is 6.79 Å². The van der Waals surface area contributed by atoms with Crippen molar-refractivity contribution in [1.82, 2.24) is 20.6 Å². The van der Waals surface area contributed by atoms with Gasteiger partial charge in [-0.3, -0.25) is 4.79 Å². The second kappa shape index (κ2) is 21.1. The summed E-state index contributed by atoms with van der Waals surface area (Å²) in [6.45, 7) is 13.8. The Hall–Kier alpha value is -3.20. The summed E-state index contributed by atoms with van der Waals surface area (Å²) in [6.07, 6.45) is 19.8. The molecule has 3 heterocycles. The zero-order valence-electron chi connectivity index (χ0n) is 30.7. The maximum atomic E-state index is 12.2. The zero-order valence-corrected chi connectivity index (χ0v) is 31.5. The van der Waals surface area contributed by atoms with Gasteiger partial charge >= 0.3 is 0 Å². The third-order valence-electron chi connectivity index (χ3n) is 9.87. The number of amides is 1. The van der Waals surface area contributed by atoms with Crippen molar-refractivity contribution in [2.45, 2.75) is 104 Å². The van der Waals surface area contributed by atoms with E-state index in [4.69, 9.17) is 4.79 Å². The minimum atomic E-state index is 0.141. The maximum absolute atomic E-state index is 12.2. The number of allylic oxidation sites excluding steroid dienone is 2. The summed E-state index contributed by atoms with van der Waals surface area (Å²) in [5.41, 5.74) is 9.61. The minimum Gasteiger partial charge on any atom is -0.356 e. The van der Waals surface area contributed by atoms with Gasteiger partial charge in [0, 0.05) is 46.2 Å². The summed E-state index contributed by atoms with van der Waals surface area (Å²) < 4.78 is 0. The van der Waals surface area contributed by atoms with Crippen LogP contribution in [0.25, 0.3) is 17.0 Å². The van der Waals surface area contributed by atoms with E-state index in [1.807, 2.05) is 30.5 Å². The monoisotopic (exact) mass is 687 g/mol. The summed E-state index contributed by atoms with van der Waals surface area (Å²) >= 11 is 1.89. The highest BCUT2D eigenvalue weighted by molar-refractivity contribution is 7.12. The van der Waals surface area contributed by atoms with Gasteiger partial charge in [0.25, 0.3) is 0 Å². The third-order valence-corrected chi connectivity index (χ3v) is 11.3. The molecule has 0 bridgehead atoms. The molecule has 1 saturated heterocycles. The Morgan fingerprint density at radius 2 is 1.63 bits per heavy atom. The van der Waals surface area contributed by atoms with E-state index in [1.54, 1.807) is 0 Å². The number of nitrogens with two attached hydrogens (primary N) is 1. The Morgan fingerprint density at radius 3 is 2.16 bits per heavy atom. The molecule has 2 aliphatic carbocycles. The molecule has 2 unspecified atom stereocenters. The Morgan fingerprint density at radius 1 is 0.939 bits per heavy atom. The van der Waals surface area contributed by atoms with Crippen LogP contribution in [0.15, 0.2) is 54.9 Å². The largest absolute Gasteiger partial charge is 0.356 e. The molecule has 4 N–H and O–H groups in total. The normalized spacial score (nSPS) is 19.2. The summed E-state index contributed by atoms with van der Waals surface area (Å²) in [4.78, 5) is 32.4. The number of nitrogens with one attached hydrogen (secondary N) is 2. The summed E-state index contributed by atoms with van der Waals surface area (Å²) in [5.74, 6) is 3.32. The van der Waals surface area contributed by atoms with Gasteiger partial charge in [-0.05, 0) is 106 Å².